The largest absolute Gasteiger partial charge is 0.444 e. The third-order valence-electron chi connectivity index (χ3n) is 5.47. The third kappa shape index (κ3) is 7.11. The van der Waals surface area contributed by atoms with E-state index >= 15 is 0 Å². The second-order valence-electron chi connectivity index (χ2n) is 9.89. The second kappa shape index (κ2) is 10.3. The quantitative estimate of drug-likeness (QED) is 0.567. The molecule has 36 heavy (non-hydrogen) atoms. The Kier molecular flexibility index (Phi) is 7.92. The Morgan fingerprint density at radius 1 is 1.28 bits per heavy atom. The van der Waals surface area contributed by atoms with Crippen LogP contribution in [0.5, 0.6) is 11.6 Å². The molecule has 1 aromatic carbocycles. The van der Waals surface area contributed by atoms with Crippen molar-refractivity contribution in [2.45, 2.75) is 64.3 Å². The zero-order valence-electron chi connectivity index (χ0n) is 20.9. The van der Waals surface area contributed by atoms with Gasteiger partial charge in [-0.1, -0.05) is 18.2 Å². The molecule has 2 atom stereocenters. The van der Waals surface area contributed by atoms with Crippen LogP contribution in [0.3, 0.4) is 0 Å². The minimum atomic E-state index is -4.00. The highest BCUT2D eigenvalue weighted by Crippen LogP contribution is 2.36. The van der Waals surface area contributed by atoms with Gasteiger partial charge in [-0.05, 0) is 57.9 Å². The lowest BCUT2D eigenvalue weighted by Gasteiger charge is -2.30. The second-order valence-corrected chi connectivity index (χ2v) is 11.7. The average molecular weight is 527 g/mol. The van der Waals surface area contributed by atoms with Crippen molar-refractivity contribution >= 4 is 16.1 Å². The zero-order valence-corrected chi connectivity index (χ0v) is 21.7. The van der Waals surface area contributed by atoms with Crippen molar-refractivity contribution in [2.24, 2.45) is 5.73 Å². The summed E-state index contributed by atoms with van der Waals surface area (Å²) in [6.07, 6.45) is -0.222. The van der Waals surface area contributed by atoms with Gasteiger partial charge in [-0.2, -0.15) is 0 Å². The fraction of sp³-hybridized carbons (Fsp3) is 0.500. The van der Waals surface area contributed by atoms with E-state index in [1.807, 2.05) is 17.7 Å². The molecule has 9 nitrogen and oxygen atoms in total. The number of rotatable bonds is 7. The summed E-state index contributed by atoms with van der Waals surface area (Å²) in [6, 6.07) is 7.25. The van der Waals surface area contributed by atoms with Crippen molar-refractivity contribution in [3.05, 3.63) is 53.2 Å². The van der Waals surface area contributed by atoms with Gasteiger partial charge >= 0.3 is 6.09 Å². The molecule has 1 aromatic heterocycles. The summed E-state index contributed by atoms with van der Waals surface area (Å²) in [5, 5.41) is 0. The Balaban J connectivity index is 1.92. The molecule has 12 heteroatoms. The smallest absolute Gasteiger partial charge is 0.410 e. The van der Waals surface area contributed by atoms with Crippen LogP contribution in [0.15, 0.2) is 36.4 Å². The fourth-order valence-corrected chi connectivity index (χ4v) is 4.69. The molecule has 0 radical (unpaired) electrons. The number of nitrogens with one attached hydrogen (secondary N) is 1. The van der Waals surface area contributed by atoms with Crippen molar-refractivity contribution < 1.29 is 31.5 Å². The number of pyridine rings is 1. The summed E-state index contributed by atoms with van der Waals surface area (Å²) in [5.41, 5.74) is 6.71. The molecule has 0 spiro atoms. The van der Waals surface area contributed by atoms with Crippen LogP contribution < -0.4 is 15.2 Å². The summed E-state index contributed by atoms with van der Waals surface area (Å²) < 4.78 is 67.1. The minimum absolute atomic E-state index is 0.0749. The molecule has 1 fully saturated rings. The van der Waals surface area contributed by atoms with Crippen molar-refractivity contribution in [3.63, 3.8) is 0 Å². The van der Waals surface area contributed by atoms with E-state index in [4.69, 9.17) is 15.2 Å². The van der Waals surface area contributed by atoms with E-state index in [0.29, 0.717) is 22.9 Å². The van der Waals surface area contributed by atoms with E-state index in [9.17, 15) is 22.0 Å². The number of aryl methyl sites for hydroxylation is 1. The van der Waals surface area contributed by atoms with Gasteiger partial charge in [0, 0.05) is 12.1 Å². The number of benzene rings is 1. The first-order valence-electron chi connectivity index (χ1n) is 11.4. The van der Waals surface area contributed by atoms with Gasteiger partial charge in [-0.15, -0.1) is 0 Å². The summed E-state index contributed by atoms with van der Waals surface area (Å²) >= 11 is 0. The number of alkyl halides is 2. The van der Waals surface area contributed by atoms with Crippen molar-refractivity contribution in [3.8, 4) is 11.6 Å². The Bertz CT molecular complexity index is 1220. The Morgan fingerprint density at radius 2 is 1.97 bits per heavy atom. The average Bonchev–Trinajstić information content (AvgIpc) is 2.98. The number of aromatic nitrogens is 1. The first kappa shape index (κ1) is 27.8. The number of carbonyl (C=O) groups is 1. The van der Waals surface area contributed by atoms with Crippen molar-refractivity contribution in [1.82, 2.24) is 14.6 Å². The molecule has 0 bridgehead atoms. The minimum Gasteiger partial charge on any atom is -0.444 e. The molecule has 0 unspecified atom stereocenters. The van der Waals surface area contributed by atoms with Crippen LogP contribution in [0.1, 0.15) is 37.6 Å². The predicted octanol–water partition coefficient (Wildman–Crippen LogP) is 3.36. The molecular formula is C24H32F2N4O5S. The number of nitrogens with zero attached hydrogens (tertiary/aromatic N) is 2. The Labute approximate surface area is 210 Å². The van der Waals surface area contributed by atoms with Gasteiger partial charge < -0.3 is 15.2 Å². The van der Waals surface area contributed by atoms with E-state index in [2.05, 4.69) is 4.98 Å². The summed E-state index contributed by atoms with van der Waals surface area (Å²) in [5.74, 6) is -2.75. The number of nitrogens with two attached hydrogens (primary N) is 1. The molecule has 3 N–H and O–H groups in total. The maximum atomic E-state index is 15.0. The third-order valence-corrected chi connectivity index (χ3v) is 6.15. The lowest BCUT2D eigenvalue weighted by molar-refractivity contribution is -0.0122. The highest BCUT2D eigenvalue weighted by atomic mass is 32.2. The van der Waals surface area contributed by atoms with Gasteiger partial charge in [0.15, 0.2) is 0 Å². The number of halogens is 2. The van der Waals surface area contributed by atoms with Gasteiger partial charge in [0.25, 0.3) is 5.92 Å². The number of sulfonamides is 1. The first-order chi connectivity index (χ1) is 16.6. The molecular weight excluding hydrogens is 494 g/mol. The molecule has 1 saturated heterocycles. The number of ether oxygens (including phenoxy) is 2. The maximum Gasteiger partial charge on any atom is 0.410 e. The van der Waals surface area contributed by atoms with E-state index in [1.54, 1.807) is 51.1 Å². The first-order valence-corrected chi connectivity index (χ1v) is 13.3. The molecule has 2 aromatic rings. The van der Waals surface area contributed by atoms with Crippen LogP contribution in [-0.2, 0) is 27.7 Å². The number of hydrogen-bond acceptors (Lipinski definition) is 7. The van der Waals surface area contributed by atoms with Crippen LogP contribution in [0.25, 0.3) is 0 Å². The molecule has 1 amide bonds. The lowest BCUT2D eigenvalue weighted by atomic mass is 9.99. The van der Waals surface area contributed by atoms with E-state index in [1.165, 1.54) is 0 Å². The van der Waals surface area contributed by atoms with E-state index in [-0.39, 0.29) is 13.0 Å². The van der Waals surface area contributed by atoms with Gasteiger partial charge in [-0.25, -0.2) is 31.7 Å². The van der Waals surface area contributed by atoms with Gasteiger partial charge in [0.1, 0.15) is 17.4 Å². The molecule has 198 valence electrons. The molecule has 3 rings (SSSR count). The van der Waals surface area contributed by atoms with Gasteiger partial charge in [0.2, 0.25) is 15.9 Å². The maximum absolute atomic E-state index is 15.0. The van der Waals surface area contributed by atoms with Crippen molar-refractivity contribution in [1.29, 1.82) is 0 Å². The monoisotopic (exact) mass is 526 g/mol. The van der Waals surface area contributed by atoms with Crippen molar-refractivity contribution in [2.75, 3.05) is 12.8 Å². The van der Waals surface area contributed by atoms with E-state index < -0.39 is 46.3 Å². The number of carbonyl (C=O) groups excluding carboxylic acids is 1. The molecule has 0 aliphatic carbocycles. The SMILES string of the molecule is Cc1ccc(CN)nc1Oc1cccc(C[C@H]2[C@@H](NS(C)(=O)=O)C(F)(F)CN2C(=O)OC(C)(C)C)c1. The standard InChI is InChI=1S/C24H32F2N4O5S/c1-15-9-10-17(13-27)28-21(15)34-18-8-6-7-16(11-18)12-19-20(29-36(5,32)33)24(25,26)14-30(19)22(31)35-23(2,3)4/h6-11,19-20,29H,12-14,27H2,1-5H3/t19-,20+/m0/s1. The molecule has 2 heterocycles. The Morgan fingerprint density at radius 3 is 2.58 bits per heavy atom. The number of hydrogen-bond donors (Lipinski definition) is 2. The van der Waals surface area contributed by atoms with Crippen LogP contribution in [0.4, 0.5) is 13.6 Å². The van der Waals surface area contributed by atoms with Crippen LogP contribution in [-0.4, -0.2) is 60.8 Å². The highest BCUT2D eigenvalue weighted by molar-refractivity contribution is 7.88. The summed E-state index contributed by atoms with van der Waals surface area (Å²) in [7, 11) is -4.00. The van der Waals surface area contributed by atoms with Gasteiger partial charge in [0.05, 0.1) is 24.5 Å². The molecule has 0 saturated carbocycles. The fourth-order valence-electron chi connectivity index (χ4n) is 3.90. The van der Waals surface area contributed by atoms with Crippen LogP contribution in [0, 0.1) is 6.92 Å². The normalized spacial score (nSPS) is 19.8. The number of amides is 1. The Hall–Kier alpha value is -2.83. The summed E-state index contributed by atoms with van der Waals surface area (Å²) in [4.78, 5) is 18.1. The van der Waals surface area contributed by atoms with Crippen LogP contribution in [0.2, 0.25) is 0 Å². The predicted molar refractivity (Wildman–Crippen MR) is 131 cm³/mol. The van der Waals surface area contributed by atoms with E-state index in [0.717, 1.165) is 16.7 Å². The zero-order chi connectivity index (χ0) is 26.9. The highest BCUT2D eigenvalue weighted by Gasteiger charge is 2.57. The van der Waals surface area contributed by atoms with Gasteiger partial charge in [-0.3, -0.25) is 4.90 Å². The lowest BCUT2D eigenvalue weighted by Crippen LogP contribution is -2.52. The van der Waals surface area contributed by atoms with Crippen LogP contribution >= 0.6 is 0 Å². The topological polar surface area (TPSA) is 124 Å². The summed E-state index contributed by atoms with van der Waals surface area (Å²) in [6.45, 7) is 5.95. The molecule has 1 aliphatic rings. The molecule has 1 aliphatic heterocycles. The number of likely N-dealkylation sites (tertiary alicyclic amines) is 1.